The maximum absolute atomic E-state index is 6.05. The van der Waals surface area contributed by atoms with Crippen LogP contribution < -0.4 is 0 Å². The van der Waals surface area contributed by atoms with Gasteiger partial charge in [0.05, 0.1) is 18.6 Å². The fraction of sp³-hybridized carbons (Fsp3) is 1.00. The molecule has 0 spiro atoms. The molecule has 1 aliphatic heterocycles. The SMILES string of the molecule is CCCCOC1(C)OCCC1Cl. The lowest BCUT2D eigenvalue weighted by Crippen LogP contribution is -2.36. The summed E-state index contributed by atoms with van der Waals surface area (Å²) >= 11 is 6.05. The zero-order valence-electron chi connectivity index (χ0n) is 7.81. The maximum atomic E-state index is 6.05. The number of unbranched alkanes of at least 4 members (excludes halogenated alkanes) is 1. The molecule has 1 heterocycles. The first-order chi connectivity index (χ1) is 5.69. The van der Waals surface area contributed by atoms with Crippen molar-refractivity contribution in [1.82, 2.24) is 0 Å². The Labute approximate surface area is 79.2 Å². The highest BCUT2D eigenvalue weighted by molar-refractivity contribution is 6.21. The third-order valence-electron chi connectivity index (χ3n) is 2.22. The molecular weight excluding hydrogens is 176 g/mol. The van der Waals surface area contributed by atoms with Gasteiger partial charge in [-0.1, -0.05) is 13.3 Å². The average molecular weight is 193 g/mol. The lowest BCUT2D eigenvalue weighted by atomic mass is 10.2. The first-order valence-corrected chi connectivity index (χ1v) is 5.04. The fourth-order valence-electron chi connectivity index (χ4n) is 1.27. The Bertz CT molecular complexity index is 140. The summed E-state index contributed by atoms with van der Waals surface area (Å²) in [6.45, 7) is 5.53. The lowest BCUT2D eigenvalue weighted by Gasteiger charge is -2.26. The highest BCUT2D eigenvalue weighted by Crippen LogP contribution is 2.31. The van der Waals surface area contributed by atoms with E-state index in [1.54, 1.807) is 0 Å². The van der Waals surface area contributed by atoms with Crippen molar-refractivity contribution >= 4 is 11.6 Å². The Kier molecular flexibility index (Phi) is 3.81. The first-order valence-electron chi connectivity index (χ1n) is 4.61. The van der Waals surface area contributed by atoms with Crippen molar-refractivity contribution in [1.29, 1.82) is 0 Å². The second kappa shape index (κ2) is 4.45. The smallest absolute Gasteiger partial charge is 0.181 e. The molecule has 0 N–H and O–H groups in total. The molecule has 0 aliphatic carbocycles. The van der Waals surface area contributed by atoms with Crippen molar-refractivity contribution in [3.8, 4) is 0 Å². The van der Waals surface area contributed by atoms with Gasteiger partial charge in [-0.25, -0.2) is 0 Å². The van der Waals surface area contributed by atoms with E-state index in [1.165, 1.54) is 0 Å². The van der Waals surface area contributed by atoms with Crippen LogP contribution in [-0.2, 0) is 9.47 Å². The molecule has 3 heteroatoms. The van der Waals surface area contributed by atoms with Crippen LogP contribution in [0.3, 0.4) is 0 Å². The van der Waals surface area contributed by atoms with Crippen molar-refractivity contribution in [2.45, 2.75) is 44.3 Å². The Morgan fingerprint density at radius 2 is 2.42 bits per heavy atom. The maximum Gasteiger partial charge on any atom is 0.181 e. The van der Waals surface area contributed by atoms with E-state index in [0.717, 1.165) is 32.5 Å². The standard InChI is InChI=1S/C9H17ClO2/c1-3-4-6-11-9(2)8(10)5-7-12-9/h8H,3-7H2,1-2H3. The second-order valence-electron chi connectivity index (χ2n) is 3.32. The molecule has 12 heavy (non-hydrogen) atoms. The van der Waals surface area contributed by atoms with E-state index in [0.29, 0.717) is 0 Å². The molecule has 0 saturated carbocycles. The average Bonchev–Trinajstić information content (AvgIpc) is 2.34. The van der Waals surface area contributed by atoms with E-state index in [2.05, 4.69) is 6.92 Å². The normalized spacial score (nSPS) is 35.8. The molecule has 1 rings (SSSR count). The molecule has 2 nitrogen and oxygen atoms in total. The van der Waals surface area contributed by atoms with Gasteiger partial charge in [-0.15, -0.1) is 11.6 Å². The summed E-state index contributed by atoms with van der Waals surface area (Å²) in [6, 6.07) is 0. The summed E-state index contributed by atoms with van der Waals surface area (Å²) in [5.41, 5.74) is 0. The summed E-state index contributed by atoms with van der Waals surface area (Å²) in [5, 5.41) is 0.00866. The Hall–Kier alpha value is 0.210. The number of alkyl halides is 1. The van der Waals surface area contributed by atoms with Crippen LogP contribution in [0, 0.1) is 0 Å². The van der Waals surface area contributed by atoms with Gasteiger partial charge in [-0.05, 0) is 19.8 Å². The highest BCUT2D eigenvalue weighted by atomic mass is 35.5. The molecule has 1 fully saturated rings. The molecule has 0 radical (unpaired) electrons. The van der Waals surface area contributed by atoms with E-state index < -0.39 is 5.79 Å². The van der Waals surface area contributed by atoms with Crippen molar-refractivity contribution in [3.63, 3.8) is 0 Å². The van der Waals surface area contributed by atoms with Crippen LogP contribution in [-0.4, -0.2) is 24.4 Å². The zero-order chi connectivity index (χ0) is 9.03. The molecule has 0 amide bonds. The summed E-state index contributed by atoms with van der Waals surface area (Å²) in [4.78, 5) is 0. The minimum absolute atomic E-state index is 0.00866. The molecule has 1 saturated heterocycles. The van der Waals surface area contributed by atoms with E-state index in [1.807, 2.05) is 6.92 Å². The van der Waals surface area contributed by atoms with Crippen molar-refractivity contribution in [2.24, 2.45) is 0 Å². The topological polar surface area (TPSA) is 18.5 Å². The number of halogens is 1. The molecular formula is C9H17ClO2. The first kappa shape index (κ1) is 10.3. The summed E-state index contributed by atoms with van der Waals surface area (Å²) in [5.74, 6) is -0.531. The number of ether oxygens (including phenoxy) is 2. The largest absolute Gasteiger partial charge is 0.349 e. The molecule has 72 valence electrons. The van der Waals surface area contributed by atoms with Crippen LogP contribution in [0.5, 0.6) is 0 Å². The van der Waals surface area contributed by atoms with E-state index >= 15 is 0 Å². The summed E-state index contributed by atoms with van der Waals surface area (Å²) in [7, 11) is 0. The van der Waals surface area contributed by atoms with Gasteiger partial charge in [0.25, 0.3) is 0 Å². The van der Waals surface area contributed by atoms with Crippen LogP contribution >= 0.6 is 11.6 Å². The Balaban J connectivity index is 2.27. The fourth-order valence-corrected chi connectivity index (χ4v) is 1.48. The van der Waals surface area contributed by atoms with Crippen molar-refractivity contribution < 1.29 is 9.47 Å². The van der Waals surface area contributed by atoms with E-state index in [9.17, 15) is 0 Å². The van der Waals surface area contributed by atoms with E-state index in [-0.39, 0.29) is 5.38 Å². The van der Waals surface area contributed by atoms with Gasteiger partial charge in [0.15, 0.2) is 5.79 Å². The minimum Gasteiger partial charge on any atom is -0.349 e. The van der Waals surface area contributed by atoms with Crippen LogP contribution in [0.1, 0.15) is 33.1 Å². The third kappa shape index (κ3) is 2.35. The van der Waals surface area contributed by atoms with Gasteiger partial charge in [0.2, 0.25) is 0 Å². The monoisotopic (exact) mass is 192 g/mol. The minimum atomic E-state index is -0.531. The molecule has 1 aliphatic rings. The Morgan fingerprint density at radius 3 is 2.92 bits per heavy atom. The molecule has 2 unspecified atom stereocenters. The zero-order valence-corrected chi connectivity index (χ0v) is 8.56. The molecule has 0 aromatic heterocycles. The van der Waals surface area contributed by atoms with E-state index in [4.69, 9.17) is 21.1 Å². The summed E-state index contributed by atoms with van der Waals surface area (Å²) < 4.78 is 11.0. The third-order valence-corrected chi connectivity index (χ3v) is 2.83. The quantitative estimate of drug-likeness (QED) is 0.504. The number of hydrogen-bond acceptors (Lipinski definition) is 2. The molecule has 0 aromatic carbocycles. The van der Waals surface area contributed by atoms with Crippen molar-refractivity contribution in [3.05, 3.63) is 0 Å². The number of hydrogen-bond donors (Lipinski definition) is 0. The van der Waals surface area contributed by atoms with Gasteiger partial charge < -0.3 is 9.47 Å². The highest BCUT2D eigenvalue weighted by Gasteiger charge is 2.39. The van der Waals surface area contributed by atoms with Crippen molar-refractivity contribution in [2.75, 3.05) is 13.2 Å². The number of rotatable bonds is 4. The van der Waals surface area contributed by atoms with Crippen LogP contribution in [0.4, 0.5) is 0 Å². The lowest BCUT2D eigenvalue weighted by molar-refractivity contribution is -0.195. The molecule has 0 aromatic rings. The van der Waals surface area contributed by atoms with Gasteiger partial charge in [0.1, 0.15) is 0 Å². The van der Waals surface area contributed by atoms with Crippen LogP contribution in [0.15, 0.2) is 0 Å². The van der Waals surface area contributed by atoms with Gasteiger partial charge >= 0.3 is 0 Å². The second-order valence-corrected chi connectivity index (χ2v) is 3.85. The van der Waals surface area contributed by atoms with Crippen LogP contribution in [0.2, 0.25) is 0 Å². The predicted octanol–water partition coefficient (Wildman–Crippen LogP) is 2.55. The Morgan fingerprint density at radius 1 is 1.67 bits per heavy atom. The van der Waals surface area contributed by atoms with Crippen LogP contribution in [0.25, 0.3) is 0 Å². The van der Waals surface area contributed by atoms with Gasteiger partial charge in [-0.2, -0.15) is 0 Å². The predicted molar refractivity (Wildman–Crippen MR) is 49.5 cm³/mol. The van der Waals surface area contributed by atoms with Gasteiger partial charge in [0, 0.05) is 0 Å². The summed E-state index contributed by atoms with van der Waals surface area (Å²) in [6.07, 6.45) is 3.11. The molecule has 0 bridgehead atoms. The molecule has 2 atom stereocenters. The van der Waals surface area contributed by atoms with Gasteiger partial charge in [-0.3, -0.25) is 0 Å².